The largest absolute Gasteiger partial charge is 0.487 e. The lowest BCUT2D eigenvalue weighted by atomic mass is 10.1. The number of rotatable bonds is 7. The Balaban J connectivity index is 3.04. The zero-order valence-corrected chi connectivity index (χ0v) is 10.0. The summed E-state index contributed by atoms with van der Waals surface area (Å²) in [6.07, 6.45) is 0. The van der Waals surface area contributed by atoms with Crippen molar-refractivity contribution in [1.29, 1.82) is 0 Å². The highest BCUT2D eigenvalue weighted by Crippen LogP contribution is 2.31. The van der Waals surface area contributed by atoms with E-state index in [9.17, 15) is 13.6 Å². The van der Waals surface area contributed by atoms with Gasteiger partial charge >= 0.3 is 0 Å². The van der Waals surface area contributed by atoms with Gasteiger partial charge in [-0.15, -0.1) is 0 Å². The van der Waals surface area contributed by atoms with Crippen molar-refractivity contribution in [3.05, 3.63) is 23.8 Å². The lowest BCUT2D eigenvalue weighted by Gasteiger charge is -2.14. The van der Waals surface area contributed by atoms with Crippen molar-refractivity contribution in [1.82, 2.24) is 5.32 Å². The van der Waals surface area contributed by atoms with Crippen molar-refractivity contribution in [3.8, 4) is 11.5 Å². The van der Waals surface area contributed by atoms with Crippen molar-refractivity contribution in [2.45, 2.75) is 0 Å². The summed E-state index contributed by atoms with van der Waals surface area (Å²) >= 11 is 0. The maximum atomic E-state index is 12.2. The summed E-state index contributed by atoms with van der Waals surface area (Å²) in [6, 6.07) is 4.64. The van der Waals surface area contributed by atoms with E-state index in [-0.39, 0.29) is 36.2 Å². The van der Waals surface area contributed by atoms with E-state index in [0.29, 0.717) is 0 Å². The van der Waals surface area contributed by atoms with Crippen LogP contribution in [0.2, 0.25) is 0 Å². The molecule has 0 saturated heterocycles. The quantitative estimate of drug-likeness (QED) is 0.811. The van der Waals surface area contributed by atoms with Crippen LogP contribution in [-0.4, -0.2) is 39.5 Å². The summed E-state index contributed by atoms with van der Waals surface area (Å²) in [6.45, 7) is -1.69. The van der Waals surface area contributed by atoms with Crippen molar-refractivity contribution in [3.63, 3.8) is 0 Å². The fourth-order valence-electron chi connectivity index (χ4n) is 1.38. The third kappa shape index (κ3) is 3.58. The van der Waals surface area contributed by atoms with Crippen LogP contribution >= 0.6 is 0 Å². The zero-order valence-electron chi connectivity index (χ0n) is 10.0. The SMILES string of the molecule is CNC(=O)c1cccc(OCCF)c1OCCF. The summed E-state index contributed by atoms with van der Waals surface area (Å²) < 4.78 is 34.5. The van der Waals surface area contributed by atoms with Crippen LogP contribution in [0.25, 0.3) is 0 Å². The standard InChI is InChI=1S/C12H15F2NO3/c1-15-12(16)9-3-2-4-10(17-7-5-13)11(9)18-8-6-14/h2-4H,5-8H2,1H3,(H,15,16). The second kappa shape index (κ2) is 7.47. The van der Waals surface area contributed by atoms with Crippen LogP contribution in [0.1, 0.15) is 10.4 Å². The maximum Gasteiger partial charge on any atom is 0.254 e. The summed E-state index contributed by atoms with van der Waals surface area (Å²) in [5.74, 6) is -0.0280. The third-order valence-corrected chi connectivity index (χ3v) is 2.11. The Morgan fingerprint density at radius 1 is 1.22 bits per heavy atom. The van der Waals surface area contributed by atoms with Crippen molar-refractivity contribution in [2.75, 3.05) is 33.6 Å². The summed E-state index contributed by atoms with van der Waals surface area (Å²) in [5.41, 5.74) is 0.224. The van der Waals surface area contributed by atoms with Crippen LogP contribution < -0.4 is 14.8 Å². The molecule has 1 aromatic rings. The highest BCUT2D eigenvalue weighted by Gasteiger charge is 2.16. The molecular formula is C12H15F2NO3. The van der Waals surface area contributed by atoms with Crippen LogP contribution in [0.15, 0.2) is 18.2 Å². The van der Waals surface area contributed by atoms with Crippen molar-refractivity contribution >= 4 is 5.91 Å². The Bertz CT molecular complexity index is 399. The highest BCUT2D eigenvalue weighted by atomic mass is 19.1. The summed E-state index contributed by atoms with van der Waals surface area (Å²) in [7, 11) is 1.47. The van der Waals surface area contributed by atoms with Crippen molar-refractivity contribution in [2.24, 2.45) is 0 Å². The Morgan fingerprint density at radius 3 is 2.50 bits per heavy atom. The molecule has 0 saturated carbocycles. The first-order valence-electron chi connectivity index (χ1n) is 5.47. The Kier molecular flexibility index (Phi) is 5.90. The molecule has 0 heterocycles. The van der Waals surface area contributed by atoms with Gasteiger partial charge < -0.3 is 14.8 Å². The van der Waals surface area contributed by atoms with Gasteiger partial charge in [0.15, 0.2) is 11.5 Å². The van der Waals surface area contributed by atoms with Gasteiger partial charge in [-0.2, -0.15) is 0 Å². The number of carbonyl (C=O) groups excluding carboxylic acids is 1. The van der Waals surface area contributed by atoms with E-state index in [1.54, 1.807) is 6.07 Å². The molecule has 1 amide bonds. The molecule has 18 heavy (non-hydrogen) atoms. The number of hydrogen-bond donors (Lipinski definition) is 1. The van der Waals surface area contributed by atoms with Crippen LogP contribution in [0.5, 0.6) is 11.5 Å². The average Bonchev–Trinajstić information content (AvgIpc) is 2.42. The number of halogens is 2. The first kappa shape index (κ1) is 14.2. The smallest absolute Gasteiger partial charge is 0.254 e. The van der Waals surface area contributed by atoms with Gasteiger partial charge in [0.1, 0.15) is 26.6 Å². The van der Waals surface area contributed by atoms with Gasteiger partial charge in [0, 0.05) is 7.05 Å². The number of nitrogens with one attached hydrogen (secondary N) is 1. The van der Waals surface area contributed by atoms with Crippen LogP contribution in [0, 0.1) is 0 Å². The first-order valence-corrected chi connectivity index (χ1v) is 5.47. The number of amides is 1. The molecule has 0 aliphatic carbocycles. The van der Waals surface area contributed by atoms with Gasteiger partial charge in [-0.25, -0.2) is 8.78 Å². The van der Waals surface area contributed by atoms with Gasteiger partial charge in [0.25, 0.3) is 5.91 Å². The minimum absolute atomic E-state index is 0.128. The highest BCUT2D eigenvalue weighted by molar-refractivity contribution is 5.97. The van der Waals surface area contributed by atoms with E-state index in [2.05, 4.69) is 5.32 Å². The third-order valence-electron chi connectivity index (χ3n) is 2.11. The van der Waals surface area contributed by atoms with Gasteiger partial charge in [-0.05, 0) is 12.1 Å². The average molecular weight is 259 g/mol. The van der Waals surface area contributed by atoms with E-state index in [4.69, 9.17) is 9.47 Å². The molecule has 1 N–H and O–H groups in total. The minimum Gasteiger partial charge on any atom is -0.487 e. The molecule has 0 aliphatic heterocycles. The van der Waals surface area contributed by atoms with Crippen LogP contribution in [-0.2, 0) is 0 Å². The number of hydrogen-bond acceptors (Lipinski definition) is 3. The maximum absolute atomic E-state index is 12.2. The predicted octanol–water partition coefficient (Wildman–Crippen LogP) is 1.74. The molecular weight excluding hydrogens is 244 g/mol. The normalized spacial score (nSPS) is 9.94. The fourth-order valence-corrected chi connectivity index (χ4v) is 1.38. The first-order chi connectivity index (χ1) is 8.74. The minimum atomic E-state index is -0.690. The molecule has 1 aromatic carbocycles. The second-order valence-corrected chi connectivity index (χ2v) is 3.29. The molecule has 0 spiro atoms. The number of alkyl halides is 2. The van der Waals surface area contributed by atoms with E-state index in [1.165, 1.54) is 19.2 Å². The van der Waals surface area contributed by atoms with Crippen LogP contribution in [0.3, 0.4) is 0 Å². The Morgan fingerprint density at radius 2 is 1.89 bits per heavy atom. The van der Waals surface area contributed by atoms with E-state index < -0.39 is 13.3 Å². The Labute approximate surface area is 104 Å². The van der Waals surface area contributed by atoms with Crippen molar-refractivity contribution < 1.29 is 23.0 Å². The van der Waals surface area contributed by atoms with Gasteiger partial charge in [-0.3, -0.25) is 4.79 Å². The molecule has 0 atom stereocenters. The number of ether oxygens (including phenoxy) is 2. The fraction of sp³-hybridized carbons (Fsp3) is 0.417. The van der Waals surface area contributed by atoms with E-state index in [1.807, 2.05) is 0 Å². The Hall–Kier alpha value is -1.85. The molecule has 0 fully saturated rings. The van der Waals surface area contributed by atoms with E-state index in [0.717, 1.165) is 0 Å². The molecule has 0 aliphatic rings. The monoisotopic (exact) mass is 259 g/mol. The number of benzene rings is 1. The molecule has 0 unspecified atom stereocenters. The molecule has 4 nitrogen and oxygen atoms in total. The summed E-state index contributed by atoms with van der Waals surface area (Å²) in [4.78, 5) is 11.6. The van der Waals surface area contributed by atoms with E-state index >= 15 is 0 Å². The molecule has 0 radical (unpaired) electrons. The molecule has 0 bridgehead atoms. The molecule has 1 rings (SSSR count). The second-order valence-electron chi connectivity index (χ2n) is 3.29. The topological polar surface area (TPSA) is 47.6 Å². The summed E-state index contributed by atoms with van der Waals surface area (Å²) in [5, 5.41) is 2.44. The zero-order chi connectivity index (χ0) is 13.4. The lowest BCUT2D eigenvalue weighted by molar-refractivity contribution is 0.0957. The molecule has 100 valence electrons. The van der Waals surface area contributed by atoms with Gasteiger partial charge in [0.2, 0.25) is 0 Å². The van der Waals surface area contributed by atoms with Crippen LogP contribution in [0.4, 0.5) is 8.78 Å². The van der Waals surface area contributed by atoms with Gasteiger partial charge in [0.05, 0.1) is 5.56 Å². The number of para-hydroxylation sites is 1. The number of carbonyl (C=O) groups is 1. The van der Waals surface area contributed by atoms with Gasteiger partial charge in [-0.1, -0.05) is 6.07 Å². The molecule has 6 heteroatoms. The lowest BCUT2D eigenvalue weighted by Crippen LogP contribution is -2.19. The predicted molar refractivity (Wildman–Crippen MR) is 62.8 cm³/mol. The molecule has 0 aromatic heterocycles.